The van der Waals surface area contributed by atoms with E-state index >= 15 is 0 Å². The molecule has 0 unspecified atom stereocenters. The third-order valence-electron chi connectivity index (χ3n) is 3.85. The molecule has 0 saturated carbocycles. The van der Waals surface area contributed by atoms with Crippen molar-refractivity contribution in [2.45, 2.75) is 33.1 Å². The maximum absolute atomic E-state index is 5.27. The minimum Gasteiger partial charge on any atom is -0.497 e. The zero-order valence-electron chi connectivity index (χ0n) is 14.2. The summed E-state index contributed by atoms with van der Waals surface area (Å²) in [7, 11) is 3.40. The Morgan fingerprint density at radius 2 is 1.09 bits per heavy atom. The van der Waals surface area contributed by atoms with Crippen molar-refractivity contribution in [2.24, 2.45) is 5.41 Å². The molecule has 0 aromatic heterocycles. The SMILES string of the molecule is COc1ccc(C(CC(C)(C)C)c2ccc(OC)cc2)cc1. The Kier molecular flexibility index (Phi) is 5.12. The molecule has 2 heteroatoms. The molecule has 118 valence electrons. The van der Waals surface area contributed by atoms with E-state index in [9.17, 15) is 0 Å². The summed E-state index contributed by atoms with van der Waals surface area (Å²) in [6.45, 7) is 6.85. The lowest BCUT2D eigenvalue weighted by Crippen LogP contribution is -2.13. The first-order valence-corrected chi connectivity index (χ1v) is 7.71. The van der Waals surface area contributed by atoms with Crippen LogP contribution in [0.1, 0.15) is 44.2 Å². The Bertz CT molecular complexity index is 529. The van der Waals surface area contributed by atoms with Gasteiger partial charge in [0.2, 0.25) is 0 Å². The predicted molar refractivity (Wildman–Crippen MR) is 91.9 cm³/mol. The molecule has 0 amide bonds. The molecule has 0 saturated heterocycles. The minimum atomic E-state index is 0.254. The minimum absolute atomic E-state index is 0.254. The van der Waals surface area contributed by atoms with Gasteiger partial charge in [-0.3, -0.25) is 0 Å². The van der Waals surface area contributed by atoms with Gasteiger partial charge in [0, 0.05) is 5.92 Å². The van der Waals surface area contributed by atoms with E-state index in [0.29, 0.717) is 5.92 Å². The van der Waals surface area contributed by atoms with Gasteiger partial charge < -0.3 is 9.47 Å². The highest BCUT2D eigenvalue weighted by Crippen LogP contribution is 2.37. The number of ether oxygens (including phenoxy) is 2. The van der Waals surface area contributed by atoms with Gasteiger partial charge in [-0.2, -0.15) is 0 Å². The molecule has 0 radical (unpaired) electrons. The molecular weight excluding hydrogens is 272 g/mol. The standard InChI is InChI=1S/C20H26O2/c1-20(2,3)14-19(15-6-10-17(21-4)11-7-15)16-8-12-18(22-5)13-9-16/h6-13,19H,14H2,1-5H3. The topological polar surface area (TPSA) is 18.5 Å². The van der Waals surface area contributed by atoms with Crippen molar-refractivity contribution in [3.05, 3.63) is 59.7 Å². The van der Waals surface area contributed by atoms with E-state index in [1.165, 1.54) is 11.1 Å². The first kappa shape index (κ1) is 16.4. The van der Waals surface area contributed by atoms with Gasteiger partial charge in [0.15, 0.2) is 0 Å². The van der Waals surface area contributed by atoms with Crippen LogP contribution in [0, 0.1) is 5.41 Å². The third-order valence-corrected chi connectivity index (χ3v) is 3.85. The quantitative estimate of drug-likeness (QED) is 0.748. The normalized spacial score (nSPS) is 11.5. The van der Waals surface area contributed by atoms with Crippen molar-refractivity contribution >= 4 is 0 Å². The van der Waals surface area contributed by atoms with Crippen LogP contribution in [-0.4, -0.2) is 14.2 Å². The number of rotatable bonds is 5. The lowest BCUT2D eigenvalue weighted by Gasteiger charge is -2.27. The molecule has 0 aliphatic heterocycles. The van der Waals surface area contributed by atoms with E-state index < -0.39 is 0 Å². The molecule has 0 aliphatic carbocycles. The van der Waals surface area contributed by atoms with E-state index in [-0.39, 0.29) is 5.41 Å². The predicted octanol–water partition coefficient (Wildman–Crippen LogP) is 5.27. The van der Waals surface area contributed by atoms with Crippen LogP contribution >= 0.6 is 0 Å². The van der Waals surface area contributed by atoms with Crippen molar-refractivity contribution in [3.8, 4) is 11.5 Å². The van der Waals surface area contributed by atoms with Gasteiger partial charge in [0.05, 0.1) is 14.2 Å². The van der Waals surface area contributed by atoms with E-state index in [2.05, 4.69) is 45.0 Å². The molecule has 0 fully saturated rings. The Balaban J connectivity index is 2.35. The molecule has 2 aromatic rings. The summed E-state index contributed by atoms with van der Waals surface area (Å²) in [6, 6.07) is 16.8. The Morgan fingerprint density at radius 1 is 0.727 bits per heavy atom. The zero-order valence-corrected chi connectivity index (χ0v) is 14.2. The first-order valence-electron chi connectivity index (χ1n) is 7.71. The van der Waals surface area contributed by atoms with Gasteiger partial charge >= 0.3 is 0 Å². The summed E-state index contributed by atoms with van der Waals surface area (Å²) in [5.41, 5.74) is 2.90. The molecule has 2 rings (SSSR count). The van der Waals surface area contributed by atoms with Crippen molar-refractivity contribution in [3.63, 3.8) is 0 Å². The average Bonchev–Trinajstić information content (AvgIpc) is 2.52. The number of methoxy groups -OCH3 is 2. The molecule has 0 bridgehead atoms. The molecule has 2 nitrogen and oxygen atoms in total. The second-order valence-electron chi connectivity index (χ2n) is 6.86. The number of benzene rings is 2. The van der Waals surface area contributed by atoms with Crippen LogP contribution < -0.4 is 9.47 Å². The Labute approximate surface area is 134 Å². The first-order chi connectivity index (χ1) is 10.4. The largest absolute Gasteiger partial charge is 0.497 e. The van der Waals surface area contributed by atoms with Gasteiger partial charge in [-0.25, -0.2) is 0 Å². The molecule has 0 N–H and O–H groups in total. The lowest BCUT2D eigenvalue weighted by molar-refractivity contribution is 0.357. The monoisotopic (exact) mass is 298 g/mol. The summed E-state index contributed by atoms with van der Waals surface area (Å²) in [5, 5.41) is 0. The van der Waals surface area contributed by atoms with Crippen LogP contribution in [0.25, 0.3) is 0 Å². The van der Waals surface area contributed by atoms with Gasteiger partial charge in [-0.15, -0.1) is 0 Å². The molecule has 0 atom stereocenters. The maximum Gasteiger partial charge on any atom is 0.118 e. The smallest absolute Gasteiger partial charge is 0.118 e. The molecule has 0 aliphatic rings. The highest BCUT2D eigenvalue weighted by molar-refractivity contribution is 5.38. The van der Waals surface area contributed by atoms with Crippen molar-refractivity contribution in [1.82, 2.24) is 0 Å². The van der Waals surface area contributed by atoms with Crippen LogP contribution in [0.5, 0.6) is 11.5 Å². The summed E-state index contributed by atoms with van der Waals surface area (Å²) in [6.07, 6.45) is 1.09. The molecule has 0 spiro atoms. The molecular formula is C20H26O2. The van der Waals surface area contributed by atoms with E-state index in [1.807, 2.05) is 24.3 Å². The van der Waals surface area contributed by atoms with E-state index in [0.717, 1.165) is 17.9 Å². The summed E-state index contributed by atoms with van der Waals surface area (Å²) < 4.78 is 10.5. The summed E-state index contributed by atoms with van der Waals surface area (Å²) in [4.78, 5) is 0. The van der Waals surface area contributed by atoms with Crippen LogP contribution in [0.4, 0.5) is 0 Å². The highest BCUT2D eigenvalue weighted by atomic mass is 16.5. The number of hydrogen-bond acceptors (Lipinski definition) is 2. The van der Waals surface area contributed by atoms with Crippen molar-refractivity contribution in [1.29, 1.82) is 0 Å². The van der Waals surface area contributed by atoms with Crippen LogP contribution in [-0.2, 0) is 0 Å². The zero-order chi connectivity index (χ0) is 16.2. The fraction of sp³-hybridized carbons (Fsp3) is 0.400. The van der Waals surface area contributed by atoms with Crippen LogP contribution in [0.2, 0.25) is 0 Å². The van der Waals surface area contributed by atoms with Gasteiger partial charge in [0.1, 0.15) is 11.5 Å². The fourth-order valence-corrected chi connectivity index (χ4v) is 2.71. The molecule has 22 heavy (non-hydrogen) atoms. The second kappa shape index (κ2) is 6.87. The summed E-state index contributed by atoms with van der Waals surface area (Å²) in [5.74, 6) is 2.16. The van der Waals surface area contributed by atoms with E-state index in [4.69, 9.17) is 9.47 Å². The lowest BCUT2D eigenvalue weighted by atomic mass is 9.78. The Morgan fingerprint density at radius 3 is 1.36 bits per heavy atom. The highest BCUT2D eigenvalue weighted by Gasteiger charge is 2.22. The third kappa shape index (κ3) is 4.27. The summed E-state index contributed by atoms with van der Waals surface area (Å²) >= 11 is 0. The van der Waals surface area contributed by atoms with Gasteiger partial charge in [0.25, 0.3) is 0 Å². The molecule has 0 heterocycles. The van der Waals surface area contributed by atoms with Crippen molar-refractivity contribution in [2.75, 3.05) is 14.2 Å². The van der Waals surface area contributed by atoms with E-state index in [1.54, 1.807) is 14.2 Å². The molecule has 2 aromatic carbocycles. The van der Waals surface area contributed by atoms with Gasteiger partial charge in [-0.1, -0.05) is 45.0 Å². The maximum atomic E-state index is 5.27. The van der Waals surface area contributed by atoms with Gasteiger partial charge in [-0.05, 0) is 47.2 Å². The Hall–Kier alpha value is -1.96. The van der Waals surface area contributed by atoms with Crippen molar-refractivity contribution < 1.29 is 9.47 Å². The van der Waals surface area contributed by atoms with Crippen LogP contribution in [0.15, 0.2) is 48.5 Å². The fourth-order valence-electron chi connectivity index (χ4n) is 2.71. The average molecular weight is 298 g/mol. The number of hydrogen-bond donors (Lipinski definition) is 0. The second-order valence-corrected chi connectivity index (χ2v) is 6.86. The van der Waals surface area contributed by atoms with Crippen LogP contribution in [0.3, 0.4) is 0 Å².